The fraction of sp³-hybridized carbons (Fsp3) is 0.312. The highest BCUT2D eigenvalue weighted by Gasteiger charge is 2.30. The van der Waals surface area contributed by atoms with Crippen molar-refractivity contribution < 1.29 is 4.42 Å². The third kappa shape index (κ3) is 2.80. The molecule has 0 spiro atoms. The molecule has 0 aliphatic heterocycles. The average molecular weight is 299 g/mol. The molecule has 3 aromatic rings. The van der Waals surface area contributed by atoms with E-state index in [-0.39, 0.29) is 0 Å². The highest BCUT2D eigenvalue weighted by Crippen LogP contribution is 2.31. The van der Waals surface area contributed by atoms with Crippen molar-refractivity contribution >= 4 is 28.1 Å². The number of thiophene rings is 1. The molecule has 0 amide bonds. The van der Waals surface area contributed by atoms with Gasteiger partial charge in [-0.15, -0.1) is 11.3 Å². The Morgan fingerprint density at radius 1 is 1.29 bits per heavy atom. The molecule has 1 aromatic carbocycles. The fourth-order valence-electron chi connectivity index (χ4n) is 2.59. The number of hydrogen-bond acceptors (Lipinski definition) is 5. The van der Waals surface area contributed by atoms with Crippen LogP contribution < -0.4 is 5.73 Å². The van der Waals surface area contributed by atoms with E-state index in [2.05, 4.69) is 27.4 Å². The number of aromatic nitrogens is 1. The van der Waals surface area contributed by atoms with Gasteiger partial charge in [0, 0.05) is 29.2 Å². The highest BCUT2D eigenvalue weighted by atomic mass is 32.1. The number of oxazole rings is 1. The van der Waals surface area contributed by atoms with Crippen LogP contribution in [0, 0.1) is 0 Å². The molecule has 4 rings (SSSR count). The van der Waals surface area contributed by atoms with Gasteiger partial charge in [-0.05, 0) is 36.4 Å². The van der Waals surface area contributed by atoms with E-state index in [1.165, 1.54) is 17.7 Å². The maximum Gasteiger partial charge on any atom is 0.209 e. The number of anilines is 1. The van der Waals surface area contributed by atoms with Gasteiger partial charge in [-0.3, -0.25) is 4.90 Å². The standard InChI is InChI=1S/C16H17N3OS/c17-11-3-6-14-15(8-11)20-16(18-14)10-19(12-4-5-12)9-13-2-1-7-21-13/h1-3,6-8,12H,4-5,9-10,17H2. The van der Waals surface area contributed by atoms with Crippen LogP contribution in [0.2, 0.25) is 0 Å². The van der Waals surface area contributed by atoms with Crippen LogP contribution in [-0.4, -0.2) is 15.9 Å². The van der Waals surface area contributed by atoms with E-state index >= 15 is 0 Å². The Labute approximate surface area is 127 Å². The van der Waals surface area contributed by atoms with Crippen molar-refractivity contribution in [3.05, 3.63) is 46.5 Å². The first kappa shape index (κ1) is 12.9. The van der Waals surface area contributed by atoms with Gasteiger partial charge in [0.1, 0.15) is 5.52 Å². The van der Waals surface area contributed by atoms with E-state index in [9.17, 15) is 0 Å². The Hall–Kier alpha value is -1.85. The third-order valence-electron chi connectivity index (χ3n) is 3.80. The van der Waals surface area contributed by atoms with E-state index in [4.69, 9.17) is 10.2 Å². The van der Waals surface area contributed by atoms with Crippen LogP contribution in [0.15, 0.2) is 40.1 Å². The molecule has 0 radical (unpaired) electrons. The summed E-state index contributed by atoms with van der Waals surface area (Å²) < 4.78 is 5.85. The van der Waals surface area contributed by atoms with Crippen LogP contribution in [0.25, 0.3) is 11.1 Å². The molecule has 1 fully saturated rings. The van der Waals surface area contributed by atoms with Crippen LogP contribution in [0.4, 0.5) is 5.69 Å². The first-order chi connectivity index (χ1) is 10.3. The predicted molar refractivity (Wildman–Crippen MR) is 85.0 cm³/mol. The topological polar surface area (TPSA) is 55.3 Å². The third-order valence-corrected chi connectivity index (χ3v) is 4.66. The molecule has 1 aliphatic rings. The predicted octanol–water partition coefficient (Wildman–Crippen LogP) is 3.64. The molecular formula is C16H17N3OS. The molecule has 2 heterocycles. The second kappa shape index (κ2) is 5.16. The Kier molecular flexibility index (Phi) is 3.16. The monoisotopic (exact) mass is 299 g/mol. The SMILES string of the molecule is Nc1ccc2nc(CN(Cc3cccs3)C3CC3)oc2c1. The summed E-state index contributed by atoms with van der Waals surface area (Å²) >= 11 is 1.80. The van der Waals surface area contributed by atoms with Crippen LogP contribution >= 0.6 is 11.3 Å². The molecule has 0 bridgehead atoms. The molecule has 1 aliphatic carbocycles. The molecule has 0 atom stereocenters. The van der Waals surface area contributed by atoms with E-state index in [1.54, 1.807) is 11.3 Å². The summed E-state index contributed by atoms with van der Waals surface area (Å²) in [5.74, 6) is 0.777. The second-order valence-corrected chi connectivity index (χ2v) is 6.58. The maximum absolute atomic E-state index is 5.85. The molecule has 2 aromatic heterocycles. The summed E-state index contributed by atoms with van der Waals surface area (Å²) in [6.45, 7) is 1.74. The van der Waals surface area contributed by atoms with Crippen LogP contribution in [0.5, 0.6) is 0 Å². The van der Waals surface area contributed by atoms with Gasteiger partial charge in [-0.2, -0.15) is 0 Å². The molecule has 1 saturated carbocycles. The molecule has 5 heteroatoms. The molecule has 21 heavy (non-hydrogen) atoms. The Morgan fingerprint density at radius 2 is 2.19 bits per heavy atom. The van der Waals surface area contributed by atoms with E-state index < -0.39 is 0 Å². The summed E-state index contributed by atoms with van der Waals surface area (Å²) in [5.41, 5.74) is 8.15. The lowest BCUT2D eigenvalue weighted by Gasteiger charge is -2.19. The van der Waals surface area contributed by atoms with Gasteiger partial charge >= 0.3 is 0 Å². The molecular weight excluding hydrogens is 282 g/mol. The summed E-state index contributed by atoms with van der Waals surface area (Å²) in [7, 11) is 0. The largest absolute Gasteiger partial charge is 0.439 e. The molecule has 0 saturated heterocycles. The number of fused-ring (bicyclic) bond motifs is 1. The number of nitrogen functional groups attached to an aromatic ring is 1. The molecule has 2 N–H and O–H groups in total. The zero-order valence-electron chi connectivity index (χ0n) is 11.7. The van der Waals surface area contributed by atoms with Crippen molar-refractivity contribution in [1.82, 2.24) is 9.88 Å². The Balaban J connectivity index is 1.56. The van der Waals surface area contributed by atoms with E-state index in [0.29, 0.717) is 11.7 Å². The van der Waals surface area contributed by atoms with E-state index in [0.717, 1.165) is 30.1 Å². The minimum absolute atomic E-state index is 0.673. The van der Waals surface area contributed by atoms with Crippen molar-refractivity contribution in [3.8, 4) is 0 Å². The lowest BCUT2D eigenvalue weighted by molar-refractivity contribution is 0.225. The van der Waals surface area contributed by atoms with Gasteiger partial charge in [-0.1, -0.05) is 6.07 Å². The number of nitrogens with zero attached hydrogens (tertiary/aromatic N) is 2. The summed E-state index contributed by atoms with van der Waals surface area (Å²) in [5, 5.41) is 2.13. The number of rotatable bonds is 5. The average Bonchev–Trinajstić information content (AvgIpc) is 3.04. The van der Waals surface area contributed by atoms with Gasteiger partial charge in [0.05, 0.1) is 6.54 Å². The fourth-order valence-corrected chi connectivity index (χ4v) is 3.32. The first-order valence-corrected chi connectivity index (χ1v) is 8.07. The quantitative estimate of drug-likeness (QED) is 0.731. The van der Waals surface area contributed by atoms with Gasteiger partial charge in [0.15, 0.2) is 5.58 Å². The highest BCUT2D eigenvalue weighted by molar-refractivity contribution is 7.09. The summed E-state index contributed by atoms with van der Waals surface area (Å²) in [4.78, 5) is 8.42. The molecule has 0 unspecified atom stereocenters. The van der Waals surface area contributed by atoms with Crippen LogP contribution in [-0.2, 0) is 13.1 Å². The smallest absolute Gasteiger partial charge is 0.209 e. The molecule has 108 valence electrons. The number of benzene rings is 1. The minimum atomic E-state index is 0.673. The lowest BCUT2D eigenvalue weighted by atomic mass is 10.3. The van der Waals surface area contributed by atoms with Crippen molar-refractivity contribution in [2.45, 2.75) is 32.0 Å². The lowest BCUT2D eigenvalue weighted by Crippen LogP contribution is -2.24. The number of nitrogens with two attached hydrogens (primary N) is 1. The van der Waals surface area contributed by atoms with Gasteiger partial charge in [-0.25, -0.2) is 4.98 Å². The Bertz CT molecular complexity index is 746. The van der Waals surface area contributed by atoms with Crippen LogP contribution in [0.3, 0.4) is 0 Å². The maximum atomic E-state index is 5.85. The zero-order valence-corrected chi connectivity index (χ0v) is 12.5. The first-order valence-electron chi connectivity index (χ1n) is 7.19. The van der Waals surface area contributed by atoms with Crippen molar-refractivity contribution in [2.24, 2.45) is 0 Å². The second-order valence-electron chi connectivity index (χ2n) is 5.55. The number of hydrogen-bond donors (Lipinski definition) is 1. The van der Waals surface area contributed by atoms with Crippen LogP contribution in [0.1, 0.15) is 23.6 Å². The van der Waals surface area contributed by atoms with Gasteiger partial charge < -0.3 is 10.2 Å². The Morgan fingerprint density at radius 3 is 2.95 bits per heavy atom. The zero-order chi connectivity index (χ0) is 14.2. The van der Waals surface area contributed by atoms with Crippen molar-refractivity contribution in [1.29, 1.82) is 0 Å². The normalized spacial score (nSPS) is 15.1. The summed E-state index contributed by atoms with van der Waals surface area (Å²) in [6, 6.07) is 10.6. The van der Waals surface area contributed by atoms with E-state index in [1.807, 2.05) is 18.2 Å². The minimum Gasteiger partial charge on any atom is -0.439 e. The van der Waals surface area contributed by atoms with Gasteiger partial charge in [0.2, 0.25) is 5.89 Å². The van der Waals surface area contributed by atoms with Crippen molar-refractivity contribution in [2.75, 3.05) is 5.73 Å². The molecule has 4 nitrogen and oxygen atoms in total. The van der Waals surface area contributed by atoms with Crippen molar-refractivity contribution in [3.63, 3.8) is 0 Å². The summed E-state index contributed by atoms with van der Waals surface area (Å²) in [6.07, 6.45) is 2.55. The van der Waals surface area contributed by atoms with Gasteiger partial charge in [0.25, 0.3) is 0 Å².